The molecule has 1 N–H and O–H groups in total. The number of thiocarbonyl (C=S) groups is 1. The first-order valence-corrected chi connectivity index (χ1v) is 10.8. The van der Waals surface area contributed by atoms with Gasteiger partial charge in [-0.1, -0.05) is 19.9 Å². The van der Waals surface area contributed by atoms with E-state index in [4.69, 9.17) is 17.0 Å². The van der Waals surface area contributed by atoms with Gasteiger partial charge in [0, 0.05) is 12.5 Å². The summed E-state index contributed by atoms with van der Waals surface area (Å²) in [5, 5.41) is 13.2. The number of ether oxygens (including phenoxy) is 1. The zero-order chi connectivity index (χ0) is 21.8. The smallest absolute Gasteiger partial charge is 0.260 e. The number of amides is 1. The average molecular weight is 426 g/mol. The lowest BCUT2D eigenvalue weighted by Gasteiger charge is -2.51. The van der Waals surface area contributed by atoms with Gasteiger partial charge < -0.3 is 10.1 Å². The van der Waals surface area contributed by atoms with Crippen LogP contribution in [-0.4, -0.2) is 41.5 Å². The minimum atomic E-state index is -1.05. The van der Waals surface area contributed by atoms with Crippen molar-refractivity contribution in [1.29, 1.82) is 5.26 Å². The molecule has 0 bridgehead atoms. The van der Waals surface area contributed by atoms with Gasteiger partial charge in [0.05, 0.1) is 24.3 Å². The van der Waals surface area contributed by atoms with E-state index in [1.165, 1.54) is 11.8 Å². The number of methoxy groups -OCH3 is 1. The van der Waals surface area contributed by atoms with Crippen molar-refractivity contribution in [3.63, 3.8) is 0 Å². The van der Waals surface area contributed by atoms with Crippen LogP contribution in [0.2, 0.25) is 0 Å². The molecular formula is C23H27N3O3S. The second-order valence-corrected chi connectivity index (χ2v) is 9.66. The lowest BCUT2D eigenvalue weighted by Crippen LogP contribution is -2.59. The molecule has 2 unspecified atom stereocenters. The summed E-state index contributed by atoms with van der Waals surface area (Å²) in [6.45, 7) is 5.77. The van der Waals surface area contributed by atoms with Crippen molar-refractivity contribution >= 4 is 29.0 Å². The van der Waals surface area contributed by atoms with Crippen LogP contribution in [0.15, 0.2) is 18.2 Å². The zero-order valence-corrected chi connectivity index (χ0v) is 18.6. The van der Waals surface area contributed by atoms with Crippen LogP contribution in [0.1, 0.15) is 50.3 Å². The van der Waals surface area contributed by atoms with Crippen molar-refractivity contribution in [2.75, 3.05) is 13.7 Å². The third-order valence-electron chi connectivity index (χ3n) is 7.27. The fourth-order valence-corrected chi connectivity index (χ4v) is 6.74. The zero-order valence-electron chi connectivity index (χ0n) is 17.8. The number of ketones is 1. The van der Waals surface area contributed by atoms with Gasteiger partial charge >= 0.3 is 0 Å². The van der Waals surface area contributed by atoms with Gasteiger partial charge in [0.1, 0.15) is 5.78 Å². The summed E-state index contributed by atoms with van der Waals surface area (Å²) in [7, 11) is 1.75. The van der Waals surface area contributed by atoms with Gasteiger partial charge in [-0.3, -0.25) is 14.5 Å². The summed E-state index contributed by atoms with van der Waals surface area (Å²) in [4.78, 5) is 27.2. The largest absolute Gasteiger partial charge is 0.381 e. The van der Waals surface area contributed by atoms with E-state index in [2.05, 4.69) is 25.2 Å². The number of carbonyl (C=O) groups is 2. The van der Waals surface area contributed by atoms with Crippen LogP contribution >= 0.6 is 12.2 Å². The predicted octanol–water partition coefficient (Wildman–Crippen LogP) is 2.68. The average Bonchev–Trinajstić information content (AvgIpc) is 3.08. The maximum absolute atomic E-state index is 14.0. The second-order valence-electron chi connectivity index (χ2n) is 9.28. The molecule has 6 nitrogen and oxygen atoms in total. The summed E-state index contributed by atoms with van der Waals surface area (Å²) >= 11 is 5.55. The minimum absolute atomic E-state index is 0.0401. The monoisotopic (exact) mass is 425 g/mol. The summed E-state index contributed by atoms with van der Waals surface area (Å²) < 4.78 is 5.78. The van der Waals surface area contributed by atoms with Gasteiger partial charge in [-0.05, 0) is 73.5 Å². The summed E-state index contributed by atoms with van der Waals surface area (Å²) in [5.41, 5.74) is 0.961. The van der Waals surface area contributed by atoms with E-state index >= 15 is 0 Å². The van der Waals surface area contributed by atoms with Crippen LogP contribution in [0.25, 0.3) is 0 Å². The van der Waals surface area contributed by atoms with Crippen molar-refractivity contribution < 1.29 is 14.3 Å². The van der Waals surface area contributed by atoms with Crippen molar-refractivity contribution in [2.45, 2.75) is 51.7 Å². The van der Waals surface area contributed by atoms with Crippen molar-refractivity contribution in [2.24, 2.45) is 17.3 Å². The first-order valence-electron chi connectivity index (χ1n) is 10.4. The molecule has 4 rings (SSSR count). The molecule has 7 heteroatoms. The van der Waals surface area contributed by atoms with Gasteiger partial charge in [0.2, 0.25) is 0 Å². The molecule has 30 heavy (non-hydrogen) atoms. The van der Waals surface area contributed by atoms with E-state index in [1.807, 2.05) is 18.2 Å². The van der Waals surface area contributed by atoms with Crippen LogP contribution in [0.4, 0.5) is 0 Å². The lowest BCUT2D eigenvalue weighted by atomic mass is 9.56. The molecule has 2 aliphatic carbocycles. The first kappa shape index (κ1) is 21.0. The lowest BCUT2D eigenvalue weighted by molar-refractivity contribution is -0.143. The van der Waals surface area contributed by atoms with Crippen molar-refractivity contribution in [1.82, 2.24) is 10.2 Å². The number of rotatable bonds is 3. The first-order chi connectivity index (χ1) is 14.2. The molecule has 1 aliphatic heterocycles. The quantitative estimate of drug-likeness (QED) is 0.750. The highest BCUT2D eigenvalue weighted by molar-refractivity contribution is 7.80. The Morgan fingerprint density at radius 3 is 2.60 bits per heavy atom. The summed E-state index contributed by atoms with van der Waals surface area (Å²) in [5.74, 6) is 0.218. The molecule has 2 spiro atoms. The fraction of sp³-hybridized carbons (Fsp3) is 0.565. The van der Waals surface area contributed by atoms with Gasteiger partial charge in [0.25, 0.3) is 5.91 Å². The molecule has 1 amide bonds. The molecule has 0 aromatic heterocycles. The Morgan fingerprint density at radius 1 is 1.37 bits per heavy atom. The standard InChI is InChI=1S/C23H27N3O3S/c1-13-8-22(9-14(2)19(13)29-4)10-17-6-5-16(11-24)7-18(17)23(22)20(28)26(12-15(3)27)21(30)25-23/h5-7,13-14,19H,8-10,12H2,1-4H3,(H,25,30)/t13-,14+,19?,22?,23-/m1/s1. The number of fused-ring (bicyclic) bond motifs is 3. The Hall–Kier alpha value is -2.30. The summed E-state index contributed by atoms with van der Waals surface area (Å²) in [6, 6.07) is 7.80. The molecule has 158 valence electrons. The number of hydrogen-bond acceptors (Lipinski definition) is 5. The highest BCUT2D eigenvalue weighted by atomic mass is 32.1. The predicted molar refractivity (Wildman–Crippen MR) is 115 cm³/mol. The van der Waals surface area contributed by atoms with E-state index < -0.39 is 11.0 Å². The number of nitriles is 1. The maximum Gasteiger partial charge on any atom is 0.260 e. The molecule has 1 saturated heterocycles. The van der Waals surface area contributed by atoms with E-state index in [-0.39, 0.29) is 36.2 Å². The highest BCUT2D eigenvalue weighted by Gasteiger charge is 2.68. The molecule has 2 fully saturated rings. The fourth-order valence-electron chi connectivity index (χ4n) is 6.44. The van der Waals surface area contributed by atoms with Crippen molar-refractivity contribution in [3.05, 3.63) is 34.9 Å². The number of Topliss-reactive ketones (excluding diaryl/α,β-unsaturated/α-hetero) is 1. The van der Waals surface area contributed by atoms with Gasteiger partial charge in [-0.15, -0.1) is 0 Å². The minimum Gasteiger partial charge on any atom is -0.381 e. The summed E-state index contributed by atoms with van der Waals surface area (Å²) in [6.07, 6.45) is 2.44. The molecule has 1 aromatic carbocycles. The number of nitrogens with one attached hydrogen (secondary N) is 1. The van der Waals surface area contributed by atoms with Crippen LogP contribution in [0.5, 0.6) is 0 Å². The third-order valence-corrected chi connectivity index (χ3v) is 7.60. The molecule has 0 radical (unpaired) electrons. The molecule has 1 aromatic rings. The number of hydrogen-bond donors (Lipinski definition) is 1. The van der Waals surface area contributed by atoms with Crippen LogP contribution in [0.3, 0.4) is 0 Å². The van der Waals surface area contributed by atoms with E-state index in [9.17, 15) is 14.9 Å². The second kappa shape index (κ2) is 7.14. The Kier molecular flexibility index (Phi) is 4.99. The Labute approximate surface area is 182 Å². The topological polar surface area (TPSA) is 82.4 Å². The SMILES string of the molecule is COC1[C@H](C)CC2(Cc3ccc(C#N)cc3[C@]23NC(=S)N(CC(C)=O)C3=O)C[C@@H]1C. The maximum atomic E-state index is 14.0. The van der Waals surface area contributed by atoms with E-state index in [0.29, 0.717) is 10.7 Å². The molecule has 5 atom stereocenters. The van der Waals surface area contributed by atoms with E-state index in [0.717, 1.165) is 30.4 Å². The van der Waals surface area contributed by atoms with Crippen molar-refractivity contribution in [3.8, 4) is 6.07 Å². The van der Waals surface area contributed by atoms with Gasteiger partial charge in [0.15, 0.2) is 10.7 Å². The number of carbonyl (C=O) groups excluding carboxylic acids is 2. The molecular weight excluding hydrogens is 398 g/mol. The molecule has 1 saturated carbocycles. The number of nitrogens with zero attached hydrogens (tertiary/aromatic N) is 2. The Balaban J connectivity index is 1.90. The Morgan fingerprint density at radius 2 is 2.03 bits per heavy atom. The van der Waals surface area contributed by atoms with Gasteiger partial charge in [-0.25, -0.2) is 0 Å². The highest BCUT2D eigenvalue weighted by Crippen LogP contribution is 2.61. The normalized spacial score (nSPS) is 34.9. The van der Waals surface area contributed by atoms with Gasteiger partial charge in [-0.2, -0.15) is 5.26 Å². The molecule has 1 heterocycles. The Bertz CT molecular complexity index is 972. The van der Waals surface area contributed by atoms with E-state index in [1.54, 1.807) is 7.11 Å². The van der Waals surface area contributed by atoms with Crippen LogP contribution < -0.4 is 5.32 Å². The van der Waals surface area contributed by atoms with Crippen LogP contribution in [-0.2, 0) is 26.3 Å². The molecule has 3 aliphatic rings. The third kappa shape index (κ3) is 2.74. The van der Waals surface area contributed by atoms with Crippen LogP contribution in [0, 0.1) is 28.6 Å². The number of benzene rings is 1.